The molecule has 4 nitrogen and oxygen atoms in total. The number of aryl methyl sites for hydroxylation is 1. The molecule has 21 heavy (non-hydrogen) atoms. The van der Waals surface area contributed by atoms with Gasteiger partial charge in [-0.05, 0) is 57.5 Å². The summed E-state index contributed by atoms with van der Waals surface area (Å²) >= 11 is 0. The Kier molecular flexibility index (Phi) is 4.56. The summed E-state index contributed by atoms with van der Waals surface area (Å²) < 4.78 is 2.40. The molecule has 1 aromatic heterocycles. The summed E-state index contributed by atoms with van der Waals surface area (Å²) in [6.45, 7) is 6.38. The molecule has 0 radical (unpaired) electrons. The SMILES string of the molecule is CCC(c1nc2ccccc2n1CCCN)N1CCCC1. The van der Waals surface area contributed by atoms with E-state index in [9.17, 15) is 0 Å². The molecule has 2 aromatic rings. The third-order valence-corrected chi connectivity index (χ3v) is 4.54. The summed E-state index contributed by atoms with van der Waals surface area (Å²) in [7, 11) is 0. The molecule has 0 spiro atoms. The summed E-state index contributed by atoms with van der Waals surface area (Å²) in [4.78, 5) is 7.56. The van der Waals surface area contributed by atoms with Crippen molar-refractivity contribution in [2.24, 2.45) is 5.73 Å². The summed E-state index contributed by atoms with van der Waals surface area (Å²) in [6, 6.07) is 8.91. The highest BCUT2D eigenvalue weighted by Gasteiger charge is 2.26. The van der Waals surface area contributed by atoms with E-state index in [0.717, 1.165) is 31.4 Å². The number of nitrogens with two attached hydrogens (primary N) is 1. The topological polar surface area (TPSA) is 47.1 Å². The highest BCUT2D eigenvalue weighted by atomic mass is 15.2. The second-order valence-corrected chi connectivity index (χ2v) is 5.92. The third-order valence-electron chi connectivity index (χ3n) is 4.54. The van der Waals surface area contributed by atoms with Crippen molar-refractivity contribution in [3.63, 3.8) is 0 Å². The van der Waals surface area contributed by atoms with Crippen LogP contribution < -0.4 is 5.73 Å². The van der Waals surface area contributed by atoms with Gasteiger partial charge in [0, 0.05) is 6.54 Å². The van der Waals surface area contributed by atoms with Crippen molar-refractivity contribution >= 4 is 11.0 Å². The zero-order valence-corrected chi connectivity index (χ0v) is 13.0. The molecule has 1 aliphatic rings. The van der Waals surface area contributed by atoms with Crippen molar-refractivity contribution in [3.05, 3.63) is 30.1 Å². The fourth-order valence-corrected chi connectivity index (χ4v) is 3.49. The van der Waals surface area contributed by atoms with E-state index in [1.807, 2.05) is 0 Å². The third kappa shape index (κ3) is 2.83. The first-order valence-corrected chi connectivity index (χ1v) is 8.24. The molecular formula is C17H26N4. The number of hydrogen-bond acceptors (Lipinski definition) is 3. The molecule has 0 bridgehead atoms. The Labute approximate surface area is 126 Å². The minimum atomic E-state index is 0.442. The first-order valence-electron chi connectivity index (χ1n) is 8.24. The van der Waals surface area contributed by atoms with Crippen LogP contribution in [0, 0.1) is 0 Å². The Bertz CT molecular complexity index is 583. The molecule has 1 aliphatic heterocycles. The molecule has 1 fully saturated rings. The molecule has 4 heteroatoms. The lowest BCUT2D eigenvalue weighted by Crippen LogP contribution is -2.28. The lowest BCUT2D eigenvalue weighted by molar-refractivity contribution is 0.225. The van der Waals surface area contributed by atoms with Gasteiger partial charge in [0.1, 0.15) is 5.82 Å². The van der Waals surface area contributed by atoms with Crippen LogP contribution in [0.15, 0.2) is 24.3 Å². The number of para-hydroxylation sites is 2. The second-order valence-electron chi connectivity index (χ2n) is 5.92. The molecule has 114 valence electrons. The van der Waals surface area contributed by atoms with Gasteiger partial charge in [0.05, 0.1) is 17.1 Å². The molecule has 2 N–H and O–H groups in total. The number of benzene rings is 1. The fourth-order valence-electron chi connectivity index (χ4n) is 3.49. The average Bonchev–Trinajstić information content (AvgIpc) is 3.14. The Balaban J connectivity index is 2.02. The molecule has 0 aliphatic carbocycles. The molecule has 1 atom stereocenters. The maximum Gasteiger partial charge on any atom is 0.127 e. The highest BCUT2D eigenvalue weighted by molar-refractivity contribution is 5.76. The van der Waals surface area contributed by atoms with Gasteiger partial charge >= 0.3 is 0 Å². The number of nitrogens with zero attached hydrogens (tertiary/aromatic N) is 3. The summed E-state index contributed by atoms with van der Waals surface area (Å²) in [5.74, 6) is 1.23. The van der Waals surface area contributed by atoms with Crippen LogP contribution in [0.3, 0.4) is 0 Å². The van der Waals surface area contributed by atoms with Crippen molar-refractivity contribution < 1.29 is 0 Å². The predicted molar refractivity (Wildman–Crippen MR) is 87.2 cm³/mol. The van der Waals surface area contributed by atoms with E-state index in [1.54, 1.807) is 0 Å². The highest BCUT2D eigenvalue weighted by Crippen LogP contribution is 2.30. The number of fused-ring (bicyclic) bond motifs is 1. The second kappa shape index (κ2) is 6.58. The van der Waals surface area contributed by atoms with E-state index in [1.165, 1.54) is 37.3 Å². The van der Waals surface area contributed by atoms with Crippen LogP contribution >= 0.6 is 0 Å². The average molecular weight is 286 g/mol. The number of aromatic nitrogens is 2. The van der Waals surface area contributed by atoms with Gasteiger partial charge in [0.15, 0.2) is 0 Å². The number of hydrogen-bond donors (Lipinski definition) is 1. The molecule has 0 amide bonds. The maximum atomic E-state index is 5.73. The summed E-state index contributed by atoms with van der Waals surface area (Å²) in [6.07, 6.45) is 4.76. The quantitative estimate of drug-likeness (QED) is 0.888. The lowest BCUT2D eigenvalue weighted by atomic mass is 10.2. The van der Waals surface area contributed by atoms with Gasteiger partial charge in [0.2, 0.25) is 0 Å². The first kappa shape index (κ1) is 14.5. The van der Waals surface area contributed by atoms with E-state index in [4.69, 9.17) is 10.7 Å². The lowest BCUT2D eigenvalue weighted by Gasteiger charge is -2.26. The van der Waals surface area contributed by atoms with Crippen LogP contribution in [0.2, 0.25) is 0 Å². The van der Waals surface area contributed by atoms with Gasteiger partial charge in [-0.15, -0.1) is 0 Å². The van der Waals surface area contributed by atoms with Crippen molar-refractivity contribution in [1.29, 1.82) is 0 Å². The summed E-state index contributed by atoms with van der Waals surface area (Å²) in [5.41, 5.74) is 8.09. The molecule has 1 aromatic carbocycles. The maximum absolute atomic E-state index is 5.73. The van der Waals surface area contributed by atoms with E-state index >= 15 is 0 Å². The predicted octanol–water partition coefficient (Wildman–Crippen LogP) is 2.93. The fraction of sp³-hybridized carbons (Fsp3) is 0.588. The van der Waals surface area contributed by atoms with Gasteiger partial charge in [0.25, 0.3) is 0 Å². The number of likely N-dealkylation sites (tertiary alicyclic amines) is 1. The Morgan fingerprint density at radius 3 is 2.71 bits per heavy atom. The minimum absolute atomic E-state index is 0.442. The smallest absolute Gasteiger partial charge is 0.127 e. The molecule has 1 saturated heterocycles. The first-order chi connectivity index (χ1) is 10.3. The summed E-state index contributed by atoms with van der Waals surface area (Å²) in [5, 5.41) is 0. The van der Waals surface area contributed by atoms with Gasteiger partial charge in [-0.2, -0.15) is 0 Å². The molecule has 1 unspecified atom stereocenters. The van der Waals surface area contributed by atoms with Crippen molar-refractivity contribution in [2.75, 3.05) is 19.6 Å². The van der Waals surface area contributed by atoms with E-state index in [-0.39, 0.29) is 0 Å². The van der Waals surface area contributed by atoms with Crippen LogP contribution in [0.5, 0.6) is 0 Å². The van der Waals surface area contributed by atoms with Crippen LogP contribution in [-0.4, -0.2) is 34.1 Å². The van der Waals surface area contributed by atoms with Crippen molar-refractivity contribution in [3.8, 4) is 0 Å². The standard InChI is InChI=1S/C17H26N4/c1-2-15(20-11-5-6-12-20)17-19-14-8-3-4-9-16(14)21(17)13-7-10-18/h3-4,8-9,15H,2,5-7,10-13,18H2,1H3. The largest absolute Gasteiger partial charge is 0.330 e. The number of rotatable bonds is 6. The zero-order valence-electron chi connectivity index (χ0n) is 13.0. The minimum Gasteiger partial charge on any atom is -0.330 e. The Morgan fingerprint density at radius 1 is 1.24 bits per heavy atom. The Morgan fingerprint density at radius 2 is 2.00 bits per heavy atom. The van der Waals surface area contributed by atoms with E-state index < -0.39 is 0 Å². The molecule has 2 heterocycles. The van der Waals surface area contributed by atoms with Crippen molar-refractivity contribution in [2.45, 2.75) is 45.2 Å². The zero-order chi connectivity index (χ0) is 14.7. The van der Waals surface area contributed by atoms with Crippen LogP contribution in [-0.2, 0) is 6.54 Å². The van der Waals surface area contributed by atoms with Gasteiger partial charge in [-0.25, -0.2) is 4.98 Å². The monoisotopic (exact) mass is 286 g/mol. The molecular weight excluding hydrogens is 260 g/mol. The van der Waals surface area contributed by atoms with Crippen molar-refractivity contribution in [1.82, 2.24) is 14.5 Å². The van der Waals surface area contributed by atoms with E-state index in [0.29, 0.717) is 6.04 Å². The van der Waals surface area contributed by atoms with Crippen LogP contribution in [0.1, 0.15) is 44.5 Å². The van der Waals surface area contributed by atoms with E-state index in [2.05, 4.69) is 40.7 Å². The molecule has 0 saturated carbocycles. The van der Waals surface area contributed by atoms with Crippen LogP contribution in [0.4, 0.5) is 0 Å². The molecule has 3 rings (SSSR count). The van der Waals surface area contributed by atoms with Gasteiger partial charge in [-0.3, -0.25) is 4.90 Å². The van der Waals surface area contributed by atoms with Gasteiger partial charge in [-0.1, -0.05) is 19.1 Å². The van der Waals surface area contributed by atoms with Crippen LogP contribution in [0.25, 0.3) is 11.0 Å². The van der Waals surface area contributed by atoms with Gasteiger partial charge < -0.3 is 10.3 Å². The normalized spacial score (nSPS) is 17.6. The number of imidazole rings is 1. The Hall–Kier alpha value is -1.39.